The molecule has 2 aromatic heterocycles. The van der Waals surface area contributed by atoms with Gasteiger partial charge in [-0.25, -0.2) is 4.98 Å². The van der Waals surface area contributed by atoms with Crippen molar-refractivity contribution in [2.75, 3.05) is 32.2 Å². The highest BCUT2D eigenvalue weighted by molar-refractivity contribution is 5.55. The number of pyridine rings is 1. The van der Waals surface area contributed by atoms with E-state index in [4.69, 9.17) is 9.72 Å². The molecule has 3 rings (SSSR count). The van der Waals surface area contributed by atoms with E-state index in [1.165, 1.54) is 18.5 Å². The second kappa shape index (κ2) is 5.81. The lowest BCUT2D eigenvalue weighted by atomic mass is 10.3. The molecule has 108 valence electrons. The molecule has 0 spiro atoms. The molecule has 0 radical (unpaired) electrons. The van der Waals surface area contributed by atoms with Crippen LogP contribution in [0.2, 0.25) is 0 Å². The summed E-state index contributed by atoms with van der Waals surface area (Å²) in [6.45, 7) is 2.42. The molecule has 5 nitrogen and oxygen atoms in total. The smallest absolute Gasteiger partial charge is 0.152 e. The largest absolute Gasteiger partial charge is 0.383 e. The van der Waals surface area contributed by atoms with Gasteiger partial charge >= 0.3 is 0 Å². The third kappa shape index (κ3) is 2.78. The number of anilines is 1. The summed E-state index contributed by atoms with van der Waals surface area (Å²) in [5.41, 5.74) is 2.23. The molecule has 5 heteroatoms. The number of imidazole rings is 1. The zero-order valence-electron chi connectivity index (χ0n) is 12.2. The first-order valence-electron chi connectivity index (χ1n) is 7.19. The van der Waals surface area contributed by atoms with E-state index < -0.39 is 0 Å². The van der Waals surface area contributed by atoms with E-state index in [-0.39, 0.29) is 0 Å². The van der Waals surface area contributed by atoms with Gasteiger partial charge in [-0.05, 0) is 25.0 Å². The Morgan fingerprint density at radius 3 is 3.05 bits per heavy atom. The van der Waals surface area contributed by atoms with Crippen LogP contribution in [-0.2, 0) is 11.3 Å². The molecule has 20 heavy (non-hydrogen) atoms. The number of methoxy groups -OCH3 is 1. The fraction of sp³-hybridized carbons (Fsp3) is 0.533. The number of fused-ring (bicyclic) bond motifs is 1. The van der Waals surface area contributed by atoms with E-state index in [9.17, 15) is 0 Å². The van der Waals surface area contributed by atoms with E-state index in [1.807, 2.05) is 18.2 Å². The second-order valence-electron chi connectivity index (χ2n) is 5.38. The zero-order valence-corrected chi connectivity index (χ0v) is 12.2. The number of likely N-dealkylation sites (N-methyl/N-ethyl adjacent to an activating group) is 1. The highest BCUT2D eigenvalue weighted by Gasteiger charge is 2.22. The molecular weight excluding hydrogens is 252 g/mol. The molecule has 1 N–H and O–H groups in total. The summed E-state index contributed by atoms with van der Waals surface area (Å²) < 4.78 is 7.34. The highest BCUT2D eigenvalue weighted by Crippen LogP contribution is 2.24. The molecule has 0 aliphatic heterocycles. The van der Waals surface area contributed by atoms with E-state index >= 15 is 0 Å². The van der Waals surface area contributed by atoms with Crippen LogP contribution in [0, 0.1) is 0 Å². The first-order chi connectivity index (χ1) is 9.79. The van der Waals surface area contributed by atoms with Crippen molar-refractivity contribution in [2.24, 2.45) is 0 Å². The molecule has 2 heterocycles. The van der Waals surface area contributed by atoms with E-state index in [1.54, 1.807) is 7.11 Å². The van der Waals surface area contributed by atoms with Gasteiger partial charge in [0.25, 0.3) is 0 Å². The van der Waals surface area contributed by atoms with Gasteiger partial charge in [-0.2, -0.15) is 0 Å². The number of hydrogen-bond donors (Lipinski definition) is 1. The fourth-order valence-corrected chi connectivity index (χ4v) is 2.37. The number of rotatable bonds is 7. The number of nitrogens with one attached hydrogen (secondary N) is 1. The van der Waals surface area contributed by atoms with Crippen LogP contribution < -0.4 is 10.2 Å². The van der Waals surface area contributed by atoms with Gasteiger partial charge in [0.1, 0.15) is 5.65 Å². The Kier molecular flexibility index (Phi) is 3.89. The van der Waals surface area contributed by atoms with Crippen LogP contribution in [0.5, 0.6) is 0 Å². The Hall–Kier alpha value is -1.59. The van der Waals surface area contributed by atoms with Gasteiger partial charge < -0.3 is 19.4 Å². The first kappa shape index (κ1) is 13.4. The summed E-state index contributed by atoms with van der Waals surface area (Å²) in [6.07, 6.45) is 4.68. The summed E-state index contributed by atoms with van der Waals surface area (Å²) in [6, 6.07) is 6.82. The van der Waals surface area contributed by atoms with Gasteiger partial charge in [0.05, 0.1) is 12.3 Å². The van der Waals surface area contributed by atoms with Crippen molar-refractivity contribution in [2.45, 2.75) is 25.4 Å². The van der Waals surface area contributed by atoms with Crippen LogP contribution in [0.4, 0.5) is 5.82 Å². The SMILES string of the molecule is COCCN(C)c1nc2ccccn2c1CNC1CC1. The molecule has 1 saturated carbocycles. The lowest BCUT2D eigenvalue weighted by Crippen LogP contribution is -2.25. The Balaban J connectivity index is 1.88. The van der Waals surface area contributed by atoms with Gasteiger partial charge in [-0.15, -0.1) is 0 Å². The van der Waals surface area contributed by atoms with Crippen molar-refractivity contribution >= 4 is 11.5 Å². The summed E-state index contributed by atoms with van der Waals surface area (Å²) in [7, 11) is 3.80. The number of aromatic nitrogens is 2. The number of nitrogens with zero attached hydrogens (tertiary/aromatic N) is 3. The van der Waals surface area contributed by atoms with Gasteiger partial charge in [0, 0.05) is 39.5 Å². The Morgan fingerprint density at radius 2 is 2.30 bits per heavy atom. The molecule has 1 aliphatic carbocycles. The first-order valence-corrected chi connectivity index (χ1v) is 7.19. The lowest BCUT2D eigenvalue weighted by Gasteiger charge is -2.18. The van der Waals surface area contributed by atoms with Gasteiger partial charge in [-0.1, -0.05) is 6.07 Å². The van der Waals surface area contributed by atoms with Crippen LogP contribution in [0.25, 0.3) is 5.65 Å². The maximum absolute atomic E-state index is 5.16. The molecule has 0 bridgehead atoms. The Bertz CT molecular complexity index is 576. The van der Waals surface area contributed by atoms with Crippen LogP contribution >= 0.6 is 0 Å². The second-order valence-corrected chi connectivity index (χ2v) is 5.38. The Labute approximate surface area is 119 Å². The minimum Gasteiger partial charge on any atom is -0.383 e. The third-order valence-electron chi connectivity index (χ3n) is 3.74. The molecule has 0 atom stereocenters. The van der Waals surface area contributed by atoms with Crippen molar-refractivity contribution < 1.29 is 4.74 Å². The van der Waals surface area contributed by atoms with E-state index in [0.717, 1.165) is 24.6 Å². The highest BCUT2D eigenvalue weighted by atomic mass is 16.5. The van der Waals surface area contributed by atoms with Crippen LogP contribution in [-0.4, -0.2) is 42.7 Å². The van der Waals surface area contributed by atoms with Crippen molar-refractivity contribution in [1.82, 2.24) is 14.7 Å². The summed E-state index contributed by atoms with van der Waals surface area (Å²) in [5, 5.41) is 3.58. The number of ether oxygens (including phenoxy) is 1. The monoisotopic (exact) mass is 274 g/mol. The predicted molar refractivity (Wildman–Crippen MR) is 80.2 cm³/mol. The van der Waals surface area contributed by atoms with Gasteiger partial charge in [0.2, 0.25) is 0 Å². The molecule has 0 amide bonds. The van der Waals surface area contributed by atoms with Crippen molar-refractivity contribution in [3.8, 4) is 0 Å². The summed E-state index contributed by atoms with van der Waals surface area (Å²) in [5.74, 6) is 1.04. The Morgan fingerprint density at radius 1 is 1.45 bits per heavy atom. The molecule has 0 unspecified atom stereocenters. The minimum atomic E-state index is 0.696. The maximum Gasteiger partial charge on any atom is 0.152 e. The summed E-state index contributed by atoms with van der Waals surface area (Å²) in [4.78, 5) is 6.92. The van der Waals surface area contributed by atoms with E-state index in [0.29, 0.717) is 12.6 Å². The van der Waals surface area contributed by atoms with Crippen molar-refractivity contribution in [3.63, 3.8) is 0 Å². The molecule has 0 saturated heterocycles. The third-order valence-corrected chi connectivity index (χ3v) is 3.74. The average Bonchev–Trinajstić information content (AvgIpc) is 3.22. The number of hydrogen-bond acceptors (Lipinski definition) is 4. The standard InChI is InChI=1S/C15H22N4O/c1-18(9-10-20-2)15-13(11-16-12-6-7-12)19-8-4-3-5-14(19)17-15/h3-5,8,12,16H,6-7,9-11H2,1-2H3. The topological polar surface area (TPSA) is 41.8 Å². The molecule has 1 aliphatic rings. The van der Waals surface area contributed by atoms with Gasteiger partial charge in [0.15, 0.2) is 5.82 Å². The predicted octanol–water partition coefficient (Wildman–Crippen LogP) is 1.67. The lowest BCUT2D eigenvalue weighted by molar-refractivity contribution is 0.206. The van der Waals surface area contributed by atoms with Crippen molar-refractivity contribution in [3.05, 3.63) is 30.1 Å². The molecular formula is C15H22N4O. The maximum atomic E-state index is 5.16. The minimum absolute atomic E-state index is 0.696. The molecule has 2 aromatic rings. The quantitative estimate of drug-likeness (QED) is 0.834. The van der Waals surface area contributed by atoms with Gasteiger partial charge in [-0.3, -0.25) is 0 Å². The zero-order chi connectivity index (χ0) is 13.9. The normalized spacial score (nSPS) is 14.9. The van der Waals surface area contributed by atoms with E-state index in [2.05, 4.69) is 27.9 Å². The average molecular weight is 274 g/mol. The van der Waals surface area contributed by atoms with Crippen LogP contribution in [0.1, 0.15) is 18.5 Å². The summed E-state index contributed by atoms with van der Waals surface area (Å²) >= 11 is 0. The van der Waals surface area contributed by atoms with Crippen LogP contribution in [0.15, 0.2) is 24.4 Å². The van der Waals surface area contributed by atoms with Crippen molar-refractivity contribution in [1.29, 1.82) is 0 Å². The molecule has 0 aromatic carbocycles. The fourth-order valence-electron chi connectivity index (χ4n) is 2.37. The van der Waals surface area contributed by atoms with Crippen LogP contribution in [0.3, 0.4) is 0 Å². The molecule has 1 fully saturated rings.